The molecule has 0 amide bonds. The van der Waals surface area contributed by atoms with Crippen LogP contribution in [-0.4, -0.2) is 86.3 Å². The van der Waals surface area contributed by atoms with Gasteiger partial charge in [-0.25, -0.2) is 26.3 Å². The molecule has 0 spiro atoms. The SMILES string of the molecule is CC1CCC(C2CC(F)C(C#CC#N)C(F)C2)CC1.CC1CCC(C2CC(F)C(C#CC#N)C(F)C2)CC1.CC1CCC(C2CCC(C#CC#N)C(F)C2)CC1.CC1CCC(C2CCC(C#CC#N)C(F)C2)CC1.CC1CCC(C2CCC(C#CC#N)CC2)CC1.CC1CCC(C2CCC(C#CC#N)CC2)CC1.O.O.O.O.O.O.O.O.O. The van der Waals surface area contributed by atoms with Gasteiger partial charge in [0.25, 0.3) is 0 Å². The summed E-state index contributed by atoms with van der Waals surface area (Å²) in [6.07, 6.45) is 41.9. The van der Waals surface area contributed by atoms with Gasteiger partial charge in [0, 0.05) is 47.4 Å². The van der Waals surface area contributed by atoms with Crippen molar-refractivity contribution < 1.29 is 75.6 Å². The molecule has 0 aliphatic heterocycles. The van der Waals surface area contributed by atoms with Crippen molar-refractivity contribution in [3.63, 3.8) is 0 Å². The number of nitriles is 6. The zero-order valence-corrected chi connectivity index (χ0v) is 71.5. The monoisotopic (exact) mass is 1650 g/mol. The molecule has 0 aromatic heterocycles. The maximum Gasteiger partial charge on any atom is 0.152 e. The molecule has 12 aliphatic rings. The molecule has 10 unspecified atom stereocenters. The van der Waals surface area contributed by atoms with E-state index in [-0.39, 0.29) is 73.0 Å². The molecule has 660 valence electrons. The normalized spacial score (nSPS) is 37.3. The highest BCUT2D eigenvalue weighted by Crippen LogP contribution is 2.49. The van der Waals surface area contributed by atoms with Gasteiger partial charge in [0.05, 0.1) is 23.7 Å². The van der Waals surface area contributed by atoms with Crippen LogP contribution in [0.25, 0.3) is 0 Å². The molecule has 0 aromatic rings. The topological polar surface area (TPSA) is 426 Å². The minimum Gasteiger partial charge on any atom is -0.412 e. The third-order valence-electron chi connectivity index (χ3n) is 29.1. The van der Waals surface area contributed by atoms with E-state index < -0.39 is 48.9 Å². The van der Waals surface area contributed by atoms with E-state index in [9.17, 15) is 26.3 Å². The lowest BCUT2D eigenvalue weighted by atomic mass is 9.68. The highest BCUT2D eigenvalue weighted by Gasteiger charge is 2.44. The highest BCUT2D eigenvalue weighted by molar-refractivity contribution is 5.24. The largest absolute Gasteiger partial charge is 0.412 e. The number of hydrogen-bond donors (Lipinski definition) is 0. The Morgan fingerprint density at radius 1 is 0.179 bits per heavy atom. The number of nitrogens with zero attached hydrogens (tertiary/aromatic N) is 6. The molecule has 10 atom stereocenters. The summed E-state index contributed by atoms with van der Waals surface area (Å²) in [6.45, 7) is 13.9. The van der Waals surface area contributed by atoms with Gasteiger partial charge in [-0.15, -0.1) is 0 Å². The molecule has 12 aliphatic carbocycles. The van der Waals surface area contributed by atoms with Gasteiger partial charge in [0.15, 0.2) is 36.4 Å². The van der Waals surface area contributed by atoms with Gasteiger partial charge in [-0.2, -0.15) is 31.6 Å². The molecule has 117 heavy (non-hydrogen) atoms. The predicted octanol–water partition coefficient (Wildman–Crippen LogP) is 17.1. The molecule has 15 nitrogen and oxygen atoms in total. The Hall–Kier alpha value is -6.48. The molecular weight excluding hydrogens is 1500 g/mol. The van der Waals surface area contributed by atoms with Crippen LogP contribution in [0.5, 0.6) is 0 Å². The number of hydrogen-bond acceptors (Lipinski definition) is 6. The molecule has 0 heterocycles. The summed E-state index contributed by atoms with van der Waals surface area (Å²) in [7, 11) is 0. The molecule has 12 fully saturated rings. The fourth-order valence-corrected chi connectivity index (χ4v) is 21.8. The van der Waals surface area contributed by atoms with Crippen LogP contribution < -0.4 is 0 Å². The van der Waals surface area contributed by atoms with Crippen LogP contribution in [0.4, 0.5) is 26.3 Å². The third kappa shape index (κ3) is 39.3. The van der Waals surface area contributed by atoms with Crippen molar-refractivity contribution in [2.45, 2.75) is 348 Å². The standard InChI is InChI=1S/2C16H21F2N.2C16H22FN.2C16H23N.9H2O/c2*1-11-4-6-12(7-5-11)13-9-15(17)14(3-2-8-19)16(18)10-13;2*1-12-4-6-13(7-5-12)15-9-8-14(3-2-10-18)16(17)11-15;2*1-13-4-8-15(9-5-13)16-10-6-14(7-11-16)3-2-12-17;;;;;;;;;/h2*11-16H,4-7,9-10H2,1H3;2*12-16H,4-9,11H2,1H3;2*13-16H,4-11H2,1H3;9*1H2. The molecule has 0 radical (unpaired) electrons. The van der Waals surface area contributed by atoms with E-state index in [1.54, 1.807) is 24.3 Å². The van der Waals surface area contributed by atoms with Crippen molar-refractivity contribution in [3.05, 3.63) is 0 Å². The Morgan fingerprint density at radius 3 is 0.547 bits per heavy atom. The maximum atomic E-state index is 14.1. The van der Waals surface area contributed by atoms with Crippen LogP contribution in [0.15, 0.2) is 0 Å². The summed E-state index contributed by atoms with van der Waals surface area (Å²) in [5, 5.41) is 50.5. The lowest BCUT2D eigenvalue weighted by molar-refractivity contribution is 0.0393. The van der Waals surface area contributed by atoms with Gasteiger partial charge >= 0.3 is 0 Å². The summed E-state index contributed by atoms with van der Waals surface area (Å²) in [5.41, 5.74) is 0. The Morgan fingerprint density at radius 2 is 0.342 bits per heavy atom. The van der Waals surface area contributed by atoms with Crippen LogP contribution in [0, 0.1) is 281 Å². The predicted molar refractivity (Wildman–Crippen MR) is 454 cm³/mol. The van der Waals surface area contributed by atoms with Gasteiger partial charge in [0.2, 0.25) is 0 Å². The van der Waals surface area contributed by atoms with Crippen molar-refractivity contribution in [1.29, 1.82) is 31.6 Å². The second kappa shape index (κ2) is 62.6. The van der Waals surface area contributed by atoms with Crippen molar-refractivity contribution in [1.82, 2.24) is 0 Å². The summed E-state index contributed by atoms with van der Waals surface area (Å²) in [6, 6.07) is 10.7. The van der Waals surface area contributed by atoms with Gasteiger partial charge in [-0.3, -0.25) is 0 Å². The fraction of sp³-hybridized carbons (Fsp3) is 0.812. The Balaban J connectivity index is -0.00000131. The summed E-state index contributed by atoms with van der Waals surface area (Å²) < 4.78 is 84.3. The molecular formula is C96H150F6N6O9. The van der Waals surface area contributed by atoms with E-state index in [2.05, 4.69) is 113 Å². The van der Waals surface area contributed by atoms with Crippen molar-refractivity contribution in [2.24, 2.45) is 142 Å². The van der Waals surface area contributed by atoms with Crippen molar-refractivity contribution >= 4 is 0 Å². The summed E-state index contributed by atoms with van der Waals surface area (Å²) in [4.78, 5) is 0. The number of alkyl halides is 6. The van der Waals surface area contributed by atoms with Gasteiger partial charge in [-0.05, 0) is 299 Å². The number of halogens is 6. The van der Waals surface area contributed by atoms with E-state index in [0.29, 0.717) is 74.0 Å². The molecule has 12 rings (SSSR count). The molecule has 0 saturated heterocycles. The maximum absolute atomic E-state index is 14.1. The number of rotatable bonds is 6. The van der Waals surface area contributed by atoms with E-state index in [4.69, 9.17) is 31.6 Å². The first-order valence-corrected chi connectivity index (χ1v) is 43.4. The minimum atomic E-state index is -1.21. The summed E-state index contributed by atoms with van der Waals surface area (Å²) >= 11 is 0. The quantitative estimate of drug-likeness (QED) is 0.183. The van der Waals surface area contributed by atoms with Crippen LogP contribution in [-0.2, 0) is 0 Å². The van der Waals surface area contributed by atoms with Gasteiger partial charge < -0.3 is 49.3 Å². The molecule has 0 aromatic carbocycles. The molecule has 12 saturated carbocycles. The molecule has 21 heteroatoms. The van der Waals surface area contributed by atoms with E-state index in [0.717, 1.165) is 122 Å². The average Bonchev–Trinajstić information content (AvgIpc) is 0.891. The fourth-order valence-electron chi connectivity index (χ4n) is 21.8. The zero-order chi connectivity index (χ0) is 77.7. The highest BCUT2D eigenvalue weighted by atomic mass is 19.2. The molecule has 18 N–H and O–H groups in total. The Labute approximate surface area is 701 Å². The van der Waals surface area contributed by atoms with Crippen LogP contribution in [0.2, 0.25) is 0 Å². The van der Waals surface area contributed by atoms with Gasteiger partial charge in [0.1, 0.15) is 37.0 Å². The first kappa shape index (κ1) is 115. The molecule has 0 bridgehead atoms. The summed E-state index contributed by atoms with van der Waals surface area (Å²) in [5.74, 6) is 42.6. The average molecular weight is 1650 g/mol. The Bertz CT molecular complexity index is 3120. The van der Waals surface area contributed by atoms with Crippen LogP contribution >= 0.6 is 0 Å². The lowest BCUT2D eigenvalue weighted by Crippen LogP contribution is -2.38. The van der Waals surface area contributed by atoms with Crippen molar-refractivity contribution in [2.75, 3.05) is 0 Å². The van der Waals surface area contributed by atoms with Crippen LogP contribution in [0.3, 0.4) is 0 Å². The Kier molecular flexibility index (Phi) is 61.4. The van der Waals surface area contributed by atoms with Gasteiger partial charge in [-0.1, -0.05) is 154 Å². The third-order valence-corrected chi connectivity index (χ3v) is 29.1. The first-order chi connectivity index (χ1) is 52.2. The second-order valence-corrected chi connectivity index (χ2v) is 36.6. The smallest absolute Gasteiger partial charge is 0.152 e. The van der Waals surface area contributed by atoms with E-state index in [1.165, 1.54) is 180 Å². The zero-order valence-electron chi connectivity index (χ0n) is 71.5. The van der Waals surface area contributed by atoms with Crippen LogP contribution in [0.1, 0.15) is 311 Å². The lowest BCUT2D eigenvalue weighted by Gasteiger charge is -2.39. The van der Waals surface area contributed by atoms with E-state index in [1.807, 2.05) is 12.1 Å². The second-order valence-electron chi connectivity index (χ2n) is 36.6. The minimum absolute atomic E-state index is 0. The van der Waals surface area contributed by atoms with E-state index >= 15 is 0 Å². The first-order valence-electron chi connectivity index (χ1n) is 43.4. The van der Waals surface area contributed by atoms with Crippen molar-refractivity contribution in [3.8, 4) is 107 Å².